The van der Waals surface area contributed by atoms with Crippen molar-refractivity contribution in [2.75, 3.05) is 6.54 Å². The largest absolute Gasteiger partial charge is 0.331 e. The number of carbonyl (C=O) groups excluding carboxylic acids is 1. The second-order valence-electron chi connectivity index (χ2n) is 9.63. The summed E-state index contributed by atoms with van der Waals surface area (Å²) in [6, 6.07) is 24.0. The Hall–Kier alpha value is -3.44. The van der Waals surface area contributed by atoms with E-state index in [0.29, 0.717) is 34.9 Å². The third kappa shape index (κ3) is 5.36. The van der Waals surface area contributed by atoms with Crippen LogP contribution in [0.15, 0.2) is 83.7 Å². The first-order valence-corrected chi connectivity index (χ1v) is 12.8. The number of amides is 1. The molecule has 0 fully saturated rings. The fourth-order valence-electron chi connectivity index (χ4n) is 4.32. The van der Waals surface area contributed by atoms with Gasteiger partial charge in [-0.05, 0) is 56.0 Å². The lowest BCUT2D eigenvalue weighted by Gasteiger charge is -2.32. The molecule has 0 saturated carbocycles. The first-order valence-electron chi connectivity index (χ1n) is 12.4. The van der Waals surface area contributed by atoms with Crippen molar-refractivity contribution in [3.05, 3.63) is 106 Å². The number of hydrogen-bond donors (Lipinski definition) is 0. The van der Waals surface area contributed by atoms with Gasteiger partial charge >= 0.3 is 0 Å². The fraction of sp³-hybridized carbons (Fsp3) is 0.300. The monoisotopic (exact) mass is 501 g/mol. The molecule has 0 radical (unpaired) electrons. The molecule has 1 amide bonds. The summed E-state index contributed by atoms with van der Waals surface area (Å²) >= 11 is 6.72. The average Bonchev–Trinajstić information content (AvgIpc) is 2.89. The molecule has 0 saturated heterocycles. The number of halogens is 1. The third-order valence-electron chi connectivity index (χ3n) is 6.47. The van der Waals surface area contributed by atoms with Gasteiger partial charge in [0.05, 0.1) is 22.6 Å². The number of alkyl halides is 1. The smallest absolute Gasteiger partial charge is 0.266 e. The third-order valence-corrected chi connectivity index (χ3v) is 6.91. The quantitative estimate of drug-likeness (QED) is 0.255. The van der Waals surface area contributed by atoms with Crippen LogP contribution in [0.25, 0.3) is 16.6 Å². The van der Waals surface area contributed by atoms with Crippen LogP contribution in [-0.4, -0.2) is 26.9 Å². The summed E-state index contributed by atoms with van der Waals surface area (Å²) in [5.41, 5.74) is 3.00. The lowest BCUT2D eigenvalue weighted by molar-refractivity contribution is -0.133. The van der Waals surface area contributed by atoms with E-state index in [1.807, 2.05) is 86.6 Å². The van der Waals surface area contributed by atoms with Gasteiger partial charge in [0.2, 0.25) is 5.91 Å². The lowest BCUT2D eigenvalue weighted by atomic mass is 10.1. The van der Waals surface area contributed by atoms with Crippen LogP contribution in [0.4, 0.5) is 0 Å². The first kappa shape index (κ1) is 25.6. The van der Waals surface area contributed by atoms with Crippen molar-refractivity contribution in [3.63, 3.8) is 0 Å². The molecule has 0 spiro atoms. The van der Waals surface area contributed by atoms with E-state index in [1.165, 1.54) is 0 Å². The van der Waals surface area contributed by atoms with Crippen LogP contribution in [0.2, 0.25) is 0 Å². The van der Waals surface area contributed by atoms with Gasteiger partial charge in [0, 0.05) is 6.54 Å². The molecule has 186 valence electrons. The maximum absolute atomic E-state index is 13.8. The molecule has 0 bridgehead atoms. The van der Waals surface area contributed by atoms with E-state index in [-0.39, 0.29) is 11.5 Å². The molecule has 0 aliphatic carbocycles. The minimum Gasteiger partial charge on any atom is -0.331 e. The van der Waals surface area contributed by atoms with Gasteiger partial charge in [-0.3, -0.25) is 14.2 Å². The Labute approximate surface area is 217 Å². The maximum Gasteiger partial charge on any atom is 0.266 e. The summed E-state index contributed by atoms with van der Waals surface area (Å²) in [5, 5.41) is -0.297. The van der Waals surface area contributed by atoms with Crippen molar-refractivity contribution in [2.45, 2.75) is 45.5 Å². The first-order chi connectivity index (χ1) is 17.3. The van der Waals surface area contributed by atoms with Gasteiger partial charge in [0.15, 0.2) is 0 Å². The number of aryl methyl sites for hydroxylation is 1. The lowest BCUT2D eigenvalue weighted by Crippen LogP contribution is -2.40. The van der Waals surface area contributed by atoms with Crippen LogP contribution in [-0.2, 0) is 4.79 Å². The van der Waals surface area contributed by atoms with Gasteiger partial charge in [0.25, 0.3) is 5.56 Å². The molecular weight excluding hydrogens is 470 g/mol. The minimum atomic E-state index is -0.833. The number of rotatable bonds is 8. The highest BCUT2D eigenvalue weighted by Gasteiger charge is 2.31. The van der Waals surface area contributed by atoms with Gasteiger partial charge in [-0.1, -0.05) is 74.0 Å². The van der Waals surface area contributed by atoms with Crippen molar-refractivity contribution < 1.29 is 4.79 Å². The molecule has 5 nitrogen and oxygen atoms in total. The Bertz CT molecular complexity index is 1400. The second-order valence-corrected chi connectivity index (χ2v) is 10.1. The SMILES string of the molecule is Cc1ccc(-n2c(C(C)N(CCC(C)C)C(=O)C(Cl)c3ccccc3)nc3ccccc3c2=O)cc1. The zero-order valence-electron chi connectivity index (χ0n) is 21.2. The molecule has 2 atom stereocenters. The van der Waals surface area contributed by atoms with Crippen molar-refractivity contribution in [3.8, 4) is 5.69 Å². The van der Waals surface area contributed by atoms with Crippen LogP contribution >= 0.6 is 11.6 Å². The second kappa shape index (κ2) is 11.1. The highest BCUT2D eigenvalue weighted by Crippen LogP contribution is 2.30. The molecule has 3 aromatic carbocycles. The number of hydrogen-bond acceptors (Lipinski definition) is 3. The van der Waals surface area contributed by atoms with Crippen molar-refractivity contribution in [1.82, 2.24) is 14.5 Å². The summed E-state index contributed by atoms with van der Waals surface area (Å²) in [7, 11) is 0. The highest BCUT2D eigenvalue weighted by molar-refractivity contribution is 6.30. The molecular formula is C30H32ClN3O2. The van der Waals surface area contributed by atoms with E-state index in [0.717, 1.165) is 17.5 Å². The Morgan fingerprint density at radius 3 is 2.25 bits per heavy atom. The molecule has 36 heavy (non-hydrogen) atoms. The predicted octanol–water partition coefficient (Wildman–Crippen LogP) is 6.61. The number of carbonyl (C=O) groups is 1. The van der Waals surface area contributed by atoms with Gasteiger partial charge in [-0.25, -0.2) is 4.98 Å². The van der Waals surface area contributed by atoms with E-state index in [1.54, 1.807) is 15.5 Å². The van der Waals surface area contributed by atoms with E-state index < -0.39 is 11.4 Å². The number of fused-ring (bicyclic) bond motifs is 1. The standard InChI is InChI=1S/C30H32ClN3O2/c1-20(2)18-19-33(30(36)27(31)23-10-6-5-7-11-23)22(4)28-32-26-13-9-8-12-25(26)29(35)34(28)24-16-14-21(3)15-17-24/h5-17,20,22,27H,18-19H2,1-4H3. The Balaban J connectivity index is 1.86. The summed E-state index contributed by atoms with van der Waals surface area (Å²) in [5.74, 6) is 0.701. The van der Waals surface area contributed by atoms with Gasteiger partial charge < -0.3 is 4.90 Å². The molecule has 2 unspecified atom stereocenters. The Kier molecular flexibility index (Phi) is 7.90. The molecule has 6 heteroatoms. The zero-order valence-corrected chi connectivity index (χ0v) is 21.9. The number of para-hydroxylation sites is 1. The van der Waals surface area contributed by atoms with E-state index in [2.05, 4.69) is 13.8 Å². The van der Waals surface area contributed by atoms with Crippen LogP contribution < -0.4 is 5.56 Å². The van der Waals surface area contributed by atoms with Crippen LogP contribution in [0.3, 0.4) is 0 Å². The van der Waals surface area contributed by atoms with E-state index in [9.17, 15) is 9.59 Å². The molecule has 1 aromatic heterocycles. The summed E-state index contributed by atoms with van der Waals surface area (Å²) < 4.78 is 1.63. The van der Waals surface area contributed by atoms with Crippen molar-refractivity contribution in [1.29, 1.82) is 0 Å². The van der Waals surface area contributed by atoms with Crippen LogP contribution in [0.5, 0.6) is 0 Å². The molecule has 1 heterocycles. The molecule has 0 aliphatic heterocycles. The summed E-state index contributed by atoms with van der Waals surface area (Å²) in [4.78, 5) is 34.2. The van der Waals surface area contributed by atoms with E-state index in [4.69, 9.17) is 16.6 Å². The predicted molar refractivity (Wildman–Crippen MR) is 147 cm³/mol. The van der Waals surface area contributed by atoms with Crippen molar-refractivity contribution in [2.24, 2.45) is 5.92 Å². The zero-order chi connectivity index (χ0) is 25.8. The van der Waals surface area contributed by atoms with Gasteiger partial charge in [-0.15, -0.1) is 11.6 Å². The van der Waals surface area contributed by atoms with Crippen LogP contribution in [0, 0.1) is 12.8 Å². The number of aromatic nitrogens is 2. The normalized spacial score (nSPS) is 13.1. The fourth-order valence-corrected chi connectivity index (χ4v) is 4.59. The molecule has 4 rings (SSSR count). The minimum absolute atomic E-state index is 0.159. The highest BCUT2D eigenvalue weighted by atomic mass is 35.5. The molecule has 0 N–H and O–H groups in total. The Morgan fingerprint density at radius 2 is 1.58 bits per heavy atom. The van der Waals surface area contributed by atoms with Gasteiger partial charge in [-0.2, -0.15) is 0 Å². The number of benzene rings is 3. The maximum atomic E-state index is 13.8. The summed E-state index contributed by atoms with van der Waals surface area (Å²) in [6.45, 7) is 8.68. The summed E-state index contributed by atoms with van der Waals surface area (Å²) in [6.07, 6.45) is 0.802. The van der Waals surface area contributed by atoms with E-state index >= 15 is 0 Å². The molecule has 0 aliphatic rings. The van der Waals surface area contributed by atoms with Crippen molar-refractivity contribution >= 4 is 28.4 Å². The van der Waals surface area contributed by atoms with Crippen LogP contribution in [0.1, 0.15) is 55.6 Å². The topological polar surface area (TPSA) is 55.2 Å². The Morgan fingerprint density at radius 1 is 0.944 bits per heavy atom. The number of nitrogens with zero attached hydrogens (tertiary/aromatic N) is 3. The van der Waals surface area contributed by atoms with Gasteiger partial charge in [0.1, 0.15) is 11.2 Å². The average molecular weight is 502 g/mol. The molecule has 4 aromatic rings.